The lowest BCUT2D eigenvalue weighted by Crippen LogP contribution is -2.02. The summed E-state index contributed by atoms with van der Waals surface area (Å²) in [6.45, 7) is 2.31. The van der Waals surface area contributed by atoms with E-state index in [1.54, 1.807) is 0 Å². The van der Waals surface area contributed by atoms with Gasteiger partial charge < -0.3 is 9.84 Å². The van der Waals surface area contributed by atoms with Gasteiger partial charge in [0.1, 0.15) is 5.75 Å². The minimum Gasteiger partial charge on any atom is -0.489 e. The Morgan fingerprint density at radius 2 is 2.19 bits per heavy atom. The van der Waals surface area contributed by atoms with E-state index < -0.39 is 0 Å². The number of aliphatic hydroxyl groups is 1. The SMILES string of the molecule is Cc1cc(Br)c(OC2CC2)c(CCCO)c1. The molecule has 0 spiro atoms. The molecule has 1 N–H and O–H groups in total. The molecule has 0 aromatic heterocycles. The predicted octanol–water partition coefficient (Wildman–Crippen LogP) is 3.22. The van der Waals surface area contributed by atoms with Gasteiger partial charge in [0.2, 0.25) is 0 Å². The van der Waals surface area contributed by atoms with Crippen LogP contribution in [-0.4, -0.2) is 17.8 Å². The van der Waals surface area contributed by atoms with Crippen molar-refractivity contribution in [2.45, 2.75) is 38.7 Å². The van der Waals surface area contributed by atoms with Gasteiger partial charge in [-0.05, 0) is 65.7 Å². The Kier molecular flexibility index (Phi) is 3.87. The van der Waals surface area contributed by atoms with Gasteiger partial charge in [-0.25, -0.2) is 0 Å². The van der Waals surface area contributed by atoms with Crippen molar-refractivity contribution in [1.82, 2.24) is 0 Å². The maximum atomic E-state index is 8.90. The first-order chi connectivity index (χ1) is 7.70. The lowest BCUT2D eigenvalue weighted by atomic mass is 10.1. The lowest BCUT2D eigenvalue weighted by molar-refractivity contribution is 0.282. The molecule has 1 saturated carbocycles. The first-order valence-corrected chi connectivity index (χ1v) is 6.56. The molecule has 3 heteroatoms. The van der Waals surface area contributed by atoms with Gasteiger partial charge in [-0.3, -0.25) is 0 Å². The third-order valence-electron chi connectivity index (χ3n) is 2.68. The van der Waals surface area contributed by atoms with Gasteiger partial charge in [0, 0.05) is 6.61 Å². The van der Waals surface area contributed by atoms with E-state index in [1.165, 1.54) is 24.0 Å². The standard InChI is InChI=1S/C13H17BrO2/c1-9-7-10(3-2-6-15)13(12(14)8-9)16-11-4-5-11/h7-8,11,15H,2-6H2,1H3. The van der Waals surface area contributed by atoms with E-state index in [0.717, 1.165) is 23.1 Å². The van der Waals surface area contributed by atoms with Crippen LogP contribution in [0.15, 0.2) is 16.6 Å². The first-order valence-electron chi connectivity index (χ1n) is 5.77. The number of halogens is 1. The van der Waals surface area contributed by atoms with E-state index >= 15 is 0 Å². The molecule has 1 aliphatic rings. The molecular weight excluding hydrogens is 268 g/mol. The van der Waals surface area contributed by atoms with Crippen molar-refractivity contribution in [3.8, 4) is 5.75 Å². The summed E-state index contributed by atoms with van der Waals surface area (Å²) in [7, 11) is 0. The molecule has 0 aliphatic heterocycles. The van der Waals surface area contributed by atoms with Crippen LogP contribution in [0.25, 0.3) is 0 Å². The molecule has 2 rings (SSSR count). The highest BCUT2D eigenvalue weighted by Crippen LogP contribution is 2.36. The fourth-order valence-corrected chi connectivity index (χ4v) is 2.45. The van der Waals surface area contributed by atoms with Gasteiger partial charge in [-0.1, -0.05) is 6.07 Å². The van der Waals surface area contributed by atoms with Gasteiger partial charge >= 0.3 is 0 Å². The molecule has 0 saturated heterocycles. The molecule has 0 amide bonds. The van der Waals surface area contributed by atoms with Crippen LogP contribution < -0.4 is 4.74 Å². The normalized spacial score (nSPS) is 15.2. The quantitative estimate of drug-likeness (QED) is 0.900. The summed E-state index contributed by atoms with van der Waals surface area (Å²) in [6.07, 6.45) is 4.40. The minimum atomic E-state index is 0.231. The number of ether oxygens (including phenoxy) is 1. The van der Waals surface area contributed by atoms with Crippen LogP contribution in [0.2, 0.25) is 0 Å². The molecule has 0 atom stereocenters. The number of hydrogen-bond donors (Lipinski definition) is 1. The molecule has 88 valence electrons. The van der Waals surface area contributed by atoms with Crippen molar-refractivity contribution in [3.63, 3.8) is 0 Å². The van der Waals surface area contributed by atoms with E-state index in [1.807, 2.05) is 0 Å². The van der Waals surface area contributed by atoms with Crippen LogP contribution >= 0.6 is 15.9 Å². The molecule has 1 fully saturated rings. The van der Waals surface area contributed by atoms with Crippen molar-refractivity contribution in [2.75, 3.05) is 6.61 Å². The van der Waals surface area contributed by atoms with Crippen molar-refractivity contribution in [3.05, 3.63) is 27.7 Å². The Morgan fingerprint density at radius 1 is 1.44 bits per heavy atom. The van der Waals surface area contributed by atoms with Crippen molar-refractivity contribution in [1.29, 1.82) is 0 Å². The van der Waals surface area contributed by atoms with Crippen molar-refractivity contribution >= 4 is 15.9 Å². The minimum absolute atomic E-state index is 0.231. The molecule has 0 bridgehead atoms. The number of rotatable bonds is 5. The van der Waals surface area contributed by atoms with Crippen LogP contribution in [0.3, 0.4) is 0 Å². The predicted molar refractivity (Wildman–Crippen MR) is 67.9 cm³/mol. The van der Waals surface area contributed by atoms with Crippen LogP contribution in [0, 0.1) is 6.92 Å². The number of aliphatic hydroxyl groups excluding tert-OH is 1. The van der Waals surface area contributed by atoms with E-state index in [2.05, 4.69) is 35.0 Å². The van der Waals surface area contributed by atoms with Gasteiger partial charge in [0.15, 0.2) is 0 Å². The summed E-state index contributed by atoms with van der Waals surface area (Å²) in [5.41, 5.74) is 2.43. The highest BCUT2D eigenvalue weighted by atomic mass is 79.9. The summed E-state index contributed by atoms with van der Waals surface area (Å²) in [5.74, 6) is 0.974. The molecule has 0 unspecified atom stereocenters. The van der Waals surface area contributed by atoms with Gasteiger partial charge in [0.05, 0.1) is 10.6 Å². The molecule has 0 heterocycles. The maximum Gasteiger partial charge on any atom is 0.137 e. The summed E-state index contributed by atoms with van der Waals surface area (Å²) in [6, 6.07) is 4.23. The largest absolute Gasteiger partial charge is 0.489 e. The summed E-state index contributed by atoms with van der Waals surface area (Å²) in [5, 5.41) is 8.90. The highest BCUT2D eigenvalue weighted by Gasteiger charge is 2.25. The second-order valence-electron chi connectivity index (χ2n) is 4.38. The van der Waals surface area contributed by atoms with E-state index in [-0.39, 0.29) is 6.61 Å². The van der Waals surface area contributed by atoms with Crippen molar-refractivity contribution in [2.24, 2.45) is 0 Å². The van der Waals surface area contributed by atoms with Crippen LogP contribution in [-0.2, 0) is 6.42 Å². The zero-order chi connectivity index (χ0) is 11.5. The second-order valence-corrected chi connectivity index (χ2v) is 5.23. The summed E-state index contributed by atoms with van der Waals surface area (Å²) < 4.78 is 6.95. The zero-order valence-corrected chi connectivity index (χ0v) is 11.1. The topological polar surface area (TPSA) is 29.5 Å². The Labute approximate surface area is 105 Å². The highest BCUT2D eigenvalue weighted by molar-refractivity contribution is 9.10. The Hall–Kier alpha value is -0.540. The number of aryl methyl sites for hydroxylation is 2. The maximum absolute atomic E-state index is 8.90. The van der Waals surface area contributed by atoms with Crippen LogP contribution in [0.1, 0.15) is 30.4 Å². The molecule has 1 aliphatic carbocycles. The Bertz CT molecular complexity index is 372. The first kappa shape index (κ1) is 11.9. The second kappa shape index (κ2) is 5.19. The molecule has 0 radical (unpaired) electrons. The monoisotopic (exact) mass is 284 g/mol. The molecule has 1 aromatic rings. The van der Waals surface area contributed by atoms with Crippen LogP contribution in [0.5, 0.6) is 5.75 Å². The summed E-state index contributed by atoms with van der Waals surface area (Å²) >= 11 is 3.56. The number of hydrogen-bond acceptors (Lipinski definition) is 2. The molecular formula is C13H17BrO2. The molecule has 2 nitrogen and oxygen atoms in total. The van der Waals surface area contributed by atoms with E-state index in [0.29, 0.717) is 6.10 Å². The Balaban J connectivity index is 2.22. The van der Waals surface area contributed by atoms with Gasteiger partial charge in [-0.15, -0.1) is 0 Å². The number of benzene rings is 1. The van der Waals surface area contributed by atoms with Gasteiger partial charge in [0.25, 0.3) is 0 Å². The van der Waals surface area contributed by atoms with Gasteiger partial charge in [-0.2, -0.15) is 0 Å². The Morgan fingerprint density at radius 3 is 2.81 bits per heavy atom. The van der Waals surface area contributed by atoms with E-state index in [4.69, 9.17) is 9.84 Å². The fourth-order valence-electron chi connectivity index (χ4n) is 1.74. The zero-order valence-electron chi connectivity index (χ0n) is 9.50. The smallest absolute Gasteiger partial charge is 0.137 e. The van der Waals surface area contributed by atoms with Crippen molar-refractivity contribution < 1.29 is 9.84 Å². The molecule has 16 heavy (non-hydrogen) atoms. The lowest BCUT2D eigenvalue weighted by Gasteiger charge is -2.13. The average molecular weight is 285 g/mol. The third kappa shape index (κ3) is 2.98. The molecule has 1 aromatic carbocycles. The van der Waals surface area contributed by atoms with Crippen LogP contribution in [0.4, 0.5) is 0 Å². The fraction of sp³-hybridized carbons (Fsp3) is 0.538. The average Bonchev–Trinajstić information content (AvgIpc) is 3.03. The summed E-state index contributed by atoms with van der Waals surface area (Å²) in [4.78, 5) is 0. The third-order valence-corrected chi connectivity index (χ3v) is 3.27. The van der Waals surface area contributed by atoms with E-state index in [9.17, 15) is 0 Å².